The summed E-state index contributed by atoms with van der Waals surface area (Å²) in [6.45, 7) is 0. The van der Waals surface area contributed by atoms with Gasteiger partial charge in [-0.15, -0.1) is 0 Å². The number of nitrogens with zero attached hydrogens (tertiary/aromatic N) is 1. The predicted octanol–water partition coefficient (Wildman–Crippen LogP) is -0.103. The fraction of sp³-hybridized carbons (Fsp3) is 0. The molecule has 3 aromatic rings. The average molecular weight is 287 g/mol. The minimum Gasteiger partial charge on any atom is -0.494 e. The third-order valence-corrected chi connectivity index (χ3v) is 2.83. The third-order valence-electron chi connectivity index (χ3n) is 2.83. The van der Waals surface area contributed by atoms with Crippen LogP contribution < -0.4 is 16.6 Å². The fourth-order valence-electron chi connectivity index (χ4n) is 1.89. The van der Waals surface area contributed by atoms with Crippen molar-refractivity contribution in [3.05, 3.63) is 50.9 Å². The Balaban J connectivity index is 1.96. The molecule has 1 aromatic carbocycles. The van der Waals surface area contributed by atoms with Crippen LogP contribution in [0.2, 0.25) is 0 Å². The molecule has 9 heteroatoms. The number of benzene rings is 1. The number of H-pyrrole nitrogens is 3. The van der Waals surface area contributed by atoms with Crippen LogP contribution in [0.4, 0.5) is 5.69 Å². The van der Waals surface area contributed by atoms with E-state index in [1.807, 2.05) is 9.97 Å². The fourth-order valence-corrected chi connectivity index (χ4v) is 1.89. The lowest BCUT2D eigenvalue weighted by atomic mass is 10.2. The van der Waals surface area contributed by atoms with Crippen molar-refractivity contribution in [2.75, 3.05) is 5.32 Å². The van der Waals surface area contributed by atoms with Gasteiger partial charge in [0.2, 0.25) is 5.88 Å². The van der Waals surface area contributed by atoms with Crippen molar-refractivity contribution in [3.8, 4) is 5.88 Å². The van der Waals surface area contributed by atoms with Crippen molar-refractivity contribution in [2.45, 2.75) is 0 Å². The van der Waals surface area contributed by atoms with E-state index in [1.165, 1.54) is 6.33 Å². The number of imidazole rings is 1. The molecule has 9 nitrogen and oxygen atoms in total. The minimum absolute atomic E-state index is 0.404. The number of hydrogen-bond donors (Lipinski definition) is 5. The maximum absolute atomic E-state index is 12.0. The normalized spacial score (nSPS) is 10.7. The Bertz CT molecular complexity index is 952. The van der Waals surface area contributed by atoms with Gasteiger partial charge in [-0.2, -0.15) is 0 Å². The number of fused-ring (bicyclic) bond motifs is 1. The van der Waals surface area contributed by atoms with Crippen LogP contribution in [0.15, 0.2) is 34.1 Å². The van der Waals surface area contributed by atoms with Crippen molar-refractivity contribution in [2.24, 2.45) is 0 Å². The van der Waals surface area contributed by atoms with Crippen molar-refractivity contribution in [1.29, 1.82) is 0 Å². The first-order valence-corrected chi connectivity index (χ1v) is 5.84. The Kier molecular flexibility index (Phi) is 2.79. The number of aromatic hydroxyl groups is 1. The molecule has 21 heavy (non-hydrogen) atoms. The first-order chi connectivity index (χ1) is 10.0. The van der Waals surface area contributed by atoms with Crippen LogP contribution in [-0.2, 0) is 0 Å². The largest absolute Gasteiger partial charge is 0.494 e. The average Bonchev–Trinajstić information content (AvgIpc) is 2.84. The van der Waals surface area contributed by atoms with E-state index in [9.17, 15) is 19.5 Å². The maximum Gasteiger partial charge on any atom is 0.328 e. The molecule has 0 fully saturated rings. The van der Waals surface area contributed by atoms with Gasteiger partial charge in [0, 0.05) is 5.69 Å². The molecule has 3 rings (SSSR count). The molecule has 0 bridgehead atoms. The summed E-state index contributed by atoms with van der Waals surface area (Å²) in [7, 11) is 0. The monoisotopic (exact) mass is 287 g/mol. The topological polar surface area (TPSA) is 144 Å². The summed E-state index contributed by atoms with van der Waals surface area (Å²) >= 11 is 0. The summed E-state index contributed by atoms with van der Waals surface area (Å²) in [6, 6.07) is 4.90. The summed E-state index contributed by atoms with van der Waals surface area (Å²) < 4.78 is 0. The summed E-state index contributed by atoms with van der Waals surface area (Å²) in [6.07, 6.45) is 1.51. The van der Waals surface area contributed by atoms with Gasteiger partial charge in [0.1, 0.15) is 0 Å². The molecule has 0 radical (unpaired) electrons. The highest BCUT2D eigenvalue weighted by Crippen LogP contribution is 2.17. The molecule has 0 aliphatic carbocycles. The zero-order valence-electron chi connectivity index (χ0n) is 10.4. The van der Waals surface area contributed by atoms with E-state index in [0.29, 0.717) is 11.2 Å². The molecule has 2 heterocycles. The van der Waals surface area contributed by atoms with Gasteiger partial charge in [0.05, 0.1) is 17.4 Å². The van der Waals surface area contributed by atoms with Crippen molar-refractivity contribution in [3.63, 3.8) is 0 Å². The second kappa shape index (κ2) is 4.63. The van der Waals surface area contributed by atoms with E-state index in [-0.39, 0.29) is 0 Å². The number of anilines is 1. The summed E-state index contributed by atoms with van der Waals surface area (Å²) in [5.74, 6) is -1.63. The van der Waals surface area contributed by atoms with Crippen LogP contribution in [0.25, 0.3) is 11.0 Å². The molecule has 0 saturated carbocycles. The summed E-state index contributed by atoms with van der Waals surface area (Å²) in [5.41, 5.74) is -0.615. The first kappa shape index (κ1) is 12.7. The van der Waals surface area contributed by atoms with Crippen LogP contribution in [0.5, 0.6) is 5.88 Å². The van der Waals surface area contributed by atoms with E-state index in [0.717, 1.165) is 5.52 Å². The van der Waals surface area contributed by atoms with Crippen LogP contribution in [0.1, 0.15) is 10.4 Å². The smallest absolute Gasteiger partial charge is 0.328 e. The molecular formula is C12H9N5O4. The Morgan fingerprint density at radius 1 is 1.24 bits per heavy atom. The van der Waals surface area contributed by atoms with Crippen molar-refractivity contribution < 1.29 is 9.90 Å². The third kappa shape index (κ3) is 2.27. The Morgan fingerprint density at radius 2 is 2.05 bits per heavy atom. The van der Waals surface area contributed by atoms with Crippen LogP contribution >= 0.6 is 0 Å². The lowest BCUT2D eigenvalue weighted by molar-refractivity contribution is 0.102. The Hall–Kier alpha value is -3.36. The standard InChI is InChI=1S/C12H9N5O4/c18-9(8-10(19)16-12(21)17-11(8)20)15-5-1-2-6-7(3-5)14-4-13-6/h1-4H,(H,13,14)(H,15,18)(H3,16,17,19,20,21). The molecule has 0 saturated heterocycles. The van der Waals surface area contributed by atoms with Gasteiger partial charge in [-0.25, -0.2) is 9.78 Å². The highest BCUT2D eigenvalue weighted by Gasteiger charge is 2.17. The first-order valence-electron chi connectivity index (χ1n) is 5.84. The Labute approximate surface area is 115 Å². The van der Waals surface area contributed by atoms with Gasteiger partial charge in [-0.05, 0) is 18.2 Å². The maximum atomic E-state index is 12.0. The van der Waals surface area contributed by atoms with Gasteiger partial charge >= 0.3 is 5.69 Å². The van der Waals surface area contributed by atoms with Gasteiger partial charge in [-0.1, -0.05) is 0 Å². The number of aromatic nitrogens is 4. The molecule has 5 N–H and O–H groups in total. The Morgan fingerprint density at radius 3 is 2.81 bits per heavy atom. The van der Waals surface area contributed by atoms with Gasteiger partial charge in [0.15, 0.2) is 5.56 Å². The van der Waals surface area contributed by atoms with Crippen molar-refractivity contribution >= 4 is 22.6 Å². The van der Waals surface area contributed by atoms with E-state index < -0.39 is 28.6 Å². The molecule has 0 unspecified atom stereocenters. The quantitative estimate of drug-likeness (QED) is 0.447. The molecule has 0 aliphatic heterocycles. The second-order valence-corrected chi connectivity index (χ2v) is 4.22. The minimum atomic E-state index is -0.976. The van der Waals surface area contributed by atoms with Crippen LogP contribution in [0.3, 0.4) is 0 Å². The zero-order valence-corrected chi connectivity index (χ0v) is 10.4. The van der Waals surface area contributed by atoms with E-state index in [2.05, 4.69) is 15.3 Å². The lowest BCUT2D eigenvalue weighted by Crippen LogP contribution is -2.30. The molecule has 0 aliphatic rings. The number of rotatable bonds is 2. The van der Waals surface area contributed by atoms with Crippen molar-refractivity contribution in [1.82, 2.24) is 19.9 Å². The highest BCUT2D eigenvalue weighted by atomic mass is 16.3. The number of hydrogen-bond acceptors (Lipinski definition) is 5. The molecule has 2 aromatic heterocycles. The molecule has 106 valence electrons. The number of aromatic amines is 3. The van der Waals surface area contributed by atoms with E-state index >= 15 is 0 Å². The summed E-state index contributed by atoms with van der Waals surface area (Å²) in [5, 5.41) is 12.0. The van der Waals surface area contributed by atoms with Gasteiger partial charge < -0.3 is 15.4 Å². The zero-order chi connectivity index (χ0) is 15.0. The van der Waals surface area contributed by atoms with Gasteiger partial charge in [0.25, 0.3) is 11.5 Å². The molecule has 1 amide bonds. The van der Waals surface area contributed by atoms with Gasteiger partial charge in [-0.3, -0.25) is 19.6 Å². The summed E-state index contributed by atoms with van der Waals surface area (Å²) in [4.78, 5) is 45.2. The van der Waals surface area contributed by atoms with Crippen LogP contribution in [0, 0.1) is 0 Å². The number of carbonyl (C=O) groups excluding carboxylic acids is 1. The molecular weight excluding hydrogens is 278 g/mol. The molecule has 0 spiro atoms. The highest BCUT2D eigenvalue weighted by molar-refractivity contribution is 6.06. The van der Waals surface area contributed by atoms with E-state index in [1.54, 1.807) is 18.2 Å². The van der Waals surface area contributed by atoms with E-state index in [4.69, 9.17) is 0 Å². The SMILES string of the molecule is O=C(Nc1ccc2nc[nH]c2c1)c1c(O)[nH]c(=O)[nH]c1=O. The lowest BCUT2D eigenvalue weighted by Gasteiger charge is -2.05. The molecule has 0 atom stereocenters. The number of nitrogens with one attached hydrogen (secondary N) is 4. The second-order valence-electron chi connectivity index (χ2n) is 4.22. The number of amides is 1. The van der Waals surface area contributed by atoms with Crippen LogP contribution in [-0.4, -0.2) is 30.9 Å². The predicted molar refractivity (Wildman–Crippen MR) is 73.4 cm³/mol. The number of carbonyl (C=O) groups is 1.